The van der Waals surface area contributed by atoms with E-state index in [4.69, 9.17) is 4.42 Å². The number of hydrogen-bond acceptors (Lipinski definition) is 5. The highest BCUT2D eigenvalue weighted by Crippen LogP contribution is 2.29. The van der Waals surface area contributed by atoms with Crippen molar-refractivity contribution in [1.82, 2.24) is 0 Å². The molecular formula is C17H15FN2O4S. The summed E-state index contributed by atoms with van der Waals surface area (Å²) in [5.74, 6) is -0.514. The predicted molar refractivity (Wildman–Crippen MR) is 94.0 cm³/mol. The SMILES string of the molecule is CNc1c(NS(=O)(=O)c2ccc(F)c(C)c2)c(=O)oc2ccccc12. The fourth-order valence-electron chi connectivity index (χ4n) is 2.48. The summed E-state index contributed by atoms with van der Waals surface area (Å²) >= 11 is 0. The number of para-hydroxylation sites is 1. The summed E-state index contributed by atoms with van der Waals surface area (Å²) < 4.78 is 46.0. The summed E-state index contributed by atoms with van der Waals surface area (Å²) in [6, 6.07) is 10.1. The molecule has 3 aromatic rings. The Bertz CT molecular complexity index is 1120. The molecule has 6 nitrogen and oxygen atoms in total. The first-order valence-electron chi connectivity index (χ1n) is 7.36. The molecule has 3 rings (SSSR count). The van der Waals surface area contributed by atoms with E-state index in [2.05, 4.69) is 10.0 Å². The van der Waals surface area contributed by atoms with Crippen LogP contribution in [0.15, 0.2) is 56.6 Å². The first-order chi connectivity index (χ1) is 11.8. The molecule has 0 unspecified atom stereocenters. The van der Waals surface area contributed by atoms with Crippen LogP contribution >= 0.6 is 0 Å². The van der Waals surface area contributed by atoms with Crippen LogP contribution in [0.1, 0.15) is 5.56 Å². The van der Waals surface area contributed by atoms with Crippen LogP contribution in [-0.2, 0) is 10.0 Å². The van der Waals surface area contributed by atoms with Crippen LogP contribution < -0.4 is 15.7 Å². The van der Waals surface area contributed by atoms with Crippen molar-refractivity contribution in [2.45, 2.75) is 11.8 Å². The van der Waals surface area contributed by atoms with Gasteiger partial charge < -0.3 is 9.73 Å². The van der Waals surface area contributed by atoms with Crippen molar-refractivity contribution in [3.63, 3.8) is 0 Å². The third kappa shape index (κ3) is 3.08. The average Bonchev–Trinajstić information content (AvgIpc) is 2.57. The monoisotopic (exact) mass is 362 g/mol. The molecule has 0 bridgehead atoms. The maximum atomic E-state index is 13.4. The lowest BCUT2D eigenvalue weighted by Gasteiger charge is -2.13. The number of sulfonamides is 1. The molecule has 0 aliphatic carbocycles. The van der Waals surface area contributed by atoms with Crippen LogP contribution in [0.4, 0.5) is 15.8 Å². The van der Waals surface area contributed by atoms with Crippen LogP contribution in [0, 0.1) is 12.7 Å². The van der Waals surface area contributed by atoms with Gasteiger partial charge in [-0.05, 0) is 42.8 Å². The van der Waals surface area contributed by atoms with Crippen molar-refractivity contribution in [3.8, 4) is 0 Å². The zero-order valence-electron chi connectivity index (χ0n) is 13.5. The average molecular weight is 362 g/mol. The molecule has 0 fully saturated rings. The van der Waals surface area contributed by atoms with E-state index in [1.807, 2.05) is 0 Å². The van der Waals surface area contributed by atoms with Gasteiger partial charge in [0.25, 0.3) is 10.0 Å². The van der Waals surface area contributed by atoms with E-state index in [1.54, 1.807) is 31.3 Å². The highest BCUT2D eigenvalue weighted by atomic mass is 32.2. The zero-order chi connectivity index (χ0) is 18.2. The third-order valence-corrected chi connectivity index (χ3v) is 5.09. The molecule has 0 saturated heterocycles. The summed E-state index contributed by atoms with van der Waals surface area (Å²) in [6.07, 6.45) is 0. The molecule has 1 aromatic heterocycles. The van der Waals surface area contributed by atoms with Crippen molar-refractivity contribution in [1.29, 1.82) is 0 Å². The van der Waals surface area contributed by atoms with Gasteiger partial charge in [0.1, 0.15) is 11.4 Å². The lowest BCUT2D eigenvalue weighted by molar-refractivity contribution is 0.563. The van der Waals surface area contributed by atoms with Crippen molar-refractivity contribution in [3.05, 3.63) is 64.3 Å². The summed E-state index contributed by atoms with van der Waals surface area (Å²) in [4.78, 5) is 12.1. The molecule has 0 saturated carbocycles. The van der Waals surface area contributed by atoms with Gasteiger partial charge in [0.15, 0.2) is 5.69 Å². The topological polar surface area (TPSA) is 88.4 Å². The first kappa shape index (κ1) is 17.0. The van der Waals surface area contributed by atoms with E-state index < -0.39 is 21.5 Å². The summed E-state index contributed by atoms with van der Waals surface area (Å²) in [6.45, 7) is 1.46. The number of halogens is 1. The van der Waals surface area contributed by atoms with Crippen LogP contribution in [0.3, 0.4) is 0 Å². The predicted octanol–water partition coefficient (Wildman–Crippen LogP) is 3.08. The molecule has 2 aromatic carbocycles. The van der Waals surface area contributed by atoms with E-state index in [0.717, 1.165) is 12.1 Å². The molecule has 0 aliphatic heterocycles. The molecule has 0 aliphatic rings. The maximum absolute atomic E-state index is 13.4. The van der Waals surface area contributed by atoms with Crippen molar-refractivity contribution >= 4 is 32.4 Å². The number of nitrogens with one attached hydrogen (secondary N) is 2. The molecule has 25 heavy (non-hydrogen) atoms. The molecule has 1 heterocycles. The fourth-order valence-corrected chi connectivity index (χ4v) is 3.63. The quantitative estimate of drug-likeness (QED) is 0.697. The third-order valence-electron chi connectivity index (χ3n) is 3.74. The number of anilines is 2. The Morgan fingerprint density at radius 2 is 1.80 bits per heavy atom. The van der Waals surface area contributed by atoms with Crippen LogP contribution in [0.25, 0.3) is 11.0 Å². The molecule has 0 amide bonds. The Hall–Kier alpha value is -2.87. The number of rotatable bonds is 4. The number of aryl methyl sites for hydroxylation is 1. The Kier molecular flexibility index (Phi) is 4.22. The van der Waals surface area contributed by atoms with Gasteiger partial charge in [-0.2, -0.15) is 0 Å². The van der Waals surface area contributed by atoms with Crippen molar-refractivity contribution in [2.75, 3.05) is 17.1 Å². The highest BCUT2D eigenvalue weighted by molar-refractivity contribution is 7.92. The van der Waals surface area contributed by atoms with Gasteiger partial charge >= 0.3 is 5.63 Å². The summed E-state index contributed by atoms with van der Waals surface area (Å²) in [5, 5.41) is 3.38. The van der Waals surface area contributed by atoms with E-state index in [-0.39, 0.29) is 16.1 Å². The minimum Gasteiger partial charge on any atom is -0.421 e. The zero-order valence-corrected chi connectivity index (χ0v) is 14.3. The normalized spacial score (nSPS) is 11.5. The van der Waals surface area contributed by atoms with Gasteiger partial charge in [0.2, 0.25) is 0 Å². The van der Waals surface area contributed by atoms with Gasteiger partial charge in [0.05, 0.1) is 10.6 Å². The Balaban J connectivity index is 2.15. The molecule has 2 N–H and O–H groups in total. The largest absolute Gasteiger partial charge is 0.421 e. The molecule has 8 heteroatoms. The molecule has 0 radical (unpaired) electrons. The number of hydrogen-bond donors (Lipinski definition) is 2. The van der Waals surface area contributed by atoms with Gasteiger partial charge in [-0.15, -0.1) is 0 Å². The van der Waals surface area contributed by atoms with Crippen LogP contribution in [-0.4, -0.2) is 15.5 Å². The molecule has 130 valence electrons. The van der Waals surface area contributed by atoms with Crippen molar-refractivity contribution < 1.29 is 17.2 Å². The smallest absolute Gasteiger partial charge is 0.363 e. The first-order valence-corrected chi connectivity index (χ1v) is 8.84. The fraction of sp³-hybridized carbons (Fsp3) is 0.118. The van der Waals surface area contributed by atoms with Gasteiger partial charge in [-0.1, -0.05) is 12.1 Å². The summed E-state index contributed by atoms with van der Waals surface area (Å²) in [7, 11) is -2.52. The minimum atomic E-state index is -4.09. The molecule has 0 atom stereocenters. The number of fused-ring (bicyclic) bond motifs is 1. The minimum absolute atomic E-state index is 0.152. The van der Waals surface area contributed by atoms with E-state index >= 15 is 0 Å². The van der Waals surface area contributed by atoms with Crippen molar-refractivity contribution in [2.24, 2.45) is 0 Å². The molecule has 0 spiro atoms. The lowest BCUT2D eigenvalue weighted by atomic mass is 10.2. The Labute approximate surface area is 143 Å². The molecular weight excluding hydrogens is 347 g/mol. The second-order valence-corrected chi connectivity index (χ2v) is 7.08. The van der Waals surface area contributed by atoms with Gasteiger partial charge in [-0.3, -0.25) is 4.72 Å². The standard InChI is InChI=1S/C17H15FN2O4S/c1-10-9-11(7-8-13(10)18)25(22,23)20-16-15(19-2)12-5-3-4-6-14(12)24-17(16)21/h3-9,19-20H,1-2H3. The van der Waals surface area contributed by atoms with E-state index in [1.165, 1.54) is 13.0 Å². The van der Waals surface area contributed by atoms with Gasteiger partial charge in [-0.25, -0.2) is 17.6 Å². The van der Waals surface area contributed by atoms with Crippen LogP contribution in [0.2, 0.25) is 0 Å². The summed E-state index contributed by atoms with van der Waals surface area (Å²) in [5.41, 5.74) is -0.248. The van der Waals surface area contributed by atoms with E-state index in [9.17, 15) is 17.6 Å². The maximum Gasteiger partial charge on any atom is 0.363 e. The highest BCUT2D eigenvalue weighted by Gasteiger charge is 2.21. The second-order valence-electron chi connectivity index (χ2n) is 5.40. The Morgan fingerprint density at radius 1 is 1.08 bits per heavy atom. The van der Waals surface area contributed by atoms with Gasteiger partial charge in [0, 0.05) is 12.4 Å². The Morgan fingerprint density at radius 3 is 2.48 bits per heavy atom. The number of benzene rings is 2. The van der Waals surface area contributed by atoms with E-state index in [0.29, 0.717) is 16.7 Å². The second kappa shape index (κ2) is 6.21. The van der Waals surface area contributed by atoms with Crippen LogP contribution in [0.5, 0.6) is 0 Å². The lowest BCUT2D eigenvalue weighted by Crippen LogP contribution is -2.20.